The minimum atomic E-state index is 0.176. The standard InChI is InChI=1S/C17H24N2O2/c1-14(20)19-10-9-18(16-7-11-21-12-8-16)13-17(19)15-5-3-2-4-6-15/h2-6,16-17H,7-13H2,1H3. The maximum absolute atomic E-state index is 12.0. The van der Waals surface area contributed by atoms with E-state index in [4.69, 9.17) is 4.74 Å². The molecule has 1 unspecified atom stereocenters. The van der Waals surface area contributed by atoms with Gasteiger partial charge in [0.05, 0.1) is 6.04 Å². The van der Waals surface area contributed by atoms with Gasteiger partial charge in [0.25, 0.3) is 0 Å². The summed E-state index contributed by atoms with van der Waals surface area (Å²) in [6.07, 6.45) is 2.23. The molecule has 4 nitrogen and oxygen atoms in total. The Morgan fingerprint density at radius 1 is 1.14 bits per heavy atom. The first-order valence-electron chi connectivity index (χ1n) is 7.89. The summed E-state index contributed by atoms with van der Waals surface area (Å²) >= 11 is 0. The van der Waals surface area contributed by atoms with Crippen LogP contribution in [-0.4, -0.2) is 54.6 Å². The largest absolute Gasteiger partial charge is 0.381 e. The number of hydrogen-bond donors (Lipinski definition) is 0. The van der Waals surface area contributed by atoms with E-state index in [2.05, 4.69) is 29.2 Å². The summed E-state index contributed by atoms with van der Waals surface area (Å²) < 4.78 is 5.47. The Kier molecular flexibility index (Phi) is 4.56. The number of piperazine rings is 1. The van der Waals surface area contributed by atoms with E-state index in [-0.39, 0.29) is 11.9 Å². The van der Waals surface area contributed by atoms with Gasteiger partial charge in [0.1, 0.15) is 0 Å². The normalized spacial score (nSPS) is 25.0. The Morgan fingerprint density at radius 2 is 1.86 bits per heavy atom. The van der Waals surface area contributed by atoms with Crippen molar-refractivity contribution < 1.29 is 9.53 Å². The van der Waals surface area contributed by atoms with Crippen LogP contribution in [0.3, 0.4) is 0 Å². The summed E-state index contributed by atoms with van der Waals surface area (Å²) in [5, 5.41) is 0. The van der Waals surface area contributed by atoms with Crippen molar-refractivity contribution in [1.82, 2.24) is 9.80 Å². The smallest absolute Gasteiger partial charge is 0.220 e. The molecule has 0 aromatic heterocycles. The predicted octanol–water partition coefficient (Wildman–Crippen LogP) is 2.07. The Bertz CT molecular complexity index is 471. The van der Waals surface area contributed by atoms with E-state index >= 15 is 0 Å². The lowest BCUT2D eigenvalue weighted by molar-refractivity contribution is -0.135. The van der Waals surface area contributed by atoms with Gasteiger partial charge in [-0.1, -0.05) is 30.3 Å². The summed E-state index contributed by atoms with van der Waals surface area (Å²) in [5.74, 6) is 0.176. The average molecular weight is 288 g/mol. The number of hydrogen-bond acceptors (Lipinski definition) is 3. The Morgan fingerprint density at radius 3 is 2.52 bits per heavy atom. The molecule has 21 heavy (non-hydrogen) atoms. The molecule has 0 spiro atoms. The van der Waals surface area contributed by atoms with Crippen molar-refractivity contribution >= 4 is 5.91 Å². The molecule has 2 aliphatic rings. The number of rotatable bonds is 2. The molecule has 1 aromatic carbocycles. The van der Waals surface area contributed by atoms with Gasteiger partial charge in [0, 0.05) is 45.8 Å². The molecule has 2 fully saturated rings. The van der Waals surface area contributed by atoms with Crippen molar-refractivity contribution in [1.29, 1.82) is 0 Å². The number of ether oxygens (including phenoxy) is 1. The zero-order chi connectivity index (χ0) is 14.7. The Labute approximate surface area is 126 Å². The molecular weight excluding hydrogens is 264 g/mol. The highest BCUT2D eigenvalue weighted by atomic mass is 16.5. The molecule has 2 heterocycles. The van der Waals surface area contributed by atoms with Crippen LogP contribution in [0, 0.1) is 0 Å². The molecule has 3 rings (SSSR count). The lowest BCUT2D eigenvalue weighted by Gasteiger charge is -2.45. The third-order valence-corrected chi connectivity index (χ3v) is 4.71. The highest BCUT2D eigenvalue weighted by Crippen LogP contribution is 2.28. The minimum Gasteiger partial charge on any atom is -0.381 e. The number of benzene rings is 1. The minimum absolute atomic E-state index is 0.176. The topological polar surface area (TPSA) is 32.8 Å². The van der Waals surface area contributed by atoms with E-state index in [0.717, 1.165) is 45.7 Å². The number of carbonyl (C=O) groups excluding carboxylic acids is 1. The SMILES string of the molecule is CC(=O)N1CCN(C2CCOCC2)CC1c1ccccc1. The van der Waals surface area contributed by atoms with Crippen LogP contribution in [0.25, 0.3) is 0 Å². The Balaban J connectivity index is 1.77. The summed E-state index contributed by atoms with van der Waals surface area (Å²) in [4.78, 5) is 16.5. The van der Waals surface area contributed by atoms with Crippen LogP contribution < -0.4 is 0 Å². The molecule has 4 heteroatoms. The molecule has 0 N–H and O–H groups in total. The number of carbonyl (C=O) groups is 1. The molecule has 1 amide bonds. The van der Waals surface area contributed by atoms with Crippen molar-refractivity contribution in [3.8, 4) is 0 Å². The van der Waals surface area contributed by atoms with Crippen molar-refractivity contribution in [2.45, 2.75) is 31.8 Å². The second-order valence-electron chi connectivity index (χ2n) is 5.98. The molecule has 1 aromatic rings. The fourth-order valence-corrected chi connectivity index (χ4v) is 3.52. The van der Waals surface area contributed by atoms with Gasteiger partial charge in [0.15, 0.2) is 0 Å². The highest BCUT2D eigenvalue weighted by Gasteiger charge is 2.33. The molecule has 0 radical (unpaired) electrons. The van der Waals surface area contributed by atoms with Crippen LogP contribution in [0.2, 0.25) is 0 Å². The van der Waals surface area contributed by atoms with E-state index in [1.54, 1.807) is 6.92 Å². The first-order chi connectivity index (χ1) is 10.3. The molecule has 0 bridgehead atoms. The summed E-state index contributed by atoms with van der Waals surface area (Å²) in [5.41, 5.74) is 1.24. The van der Waals surface area contributed by atoms with Gasteiger partial charge in [-0.3, -0.25) is 9.69 Å². The van der Waals surface area contributed by atoms with Crippen LogP contribution >= 0.6 is 0 Å². The van der Waals surface area contributed by atoms with Crippen molar-refractivity contribution in [2.75, 3.05) is 32.8 Å². The van der Waals surface area contributed by atoms with E-state index in [9.17, 15) is 4.79 Å². The summed E-state index contributed by atoms with van der Waals surface area (Å²) in [6.45, 7) is 6.16. The lowest BCUT2D eigenvalue weighted by atomic mass is 9.99. The summed E-state index contributed by atoms with van der Waals surface area (Å²) in [6, 6.07) is 11.2. The first kappa shape index (κ1) is 14.5. The van der Waals surface area contributed by atoms with Gasteiger partial charge in [0.2, 0.25) is 5.91 Å². The van der Waals surface area contributed by atoms with Crippen LogP contribution in [0.5, 0.6) is 0 Å². The van der Waals surface area contributed by atoms with Crippen molar-refractivity contribution in [3.63, 3.8) is 0 Å². The first-order valence-corrected chi connectivity index (χ1v) is 7.89. The van der Waals surface area contributed by atoms with E-state index in [0.29, 0.717) is 6.04 Å². The van der Waals surface area contributed by atoms with E-state index in [1.165, 1.54) is 5.56 Å². The monoisotopic (exact) mass is 288 g/mol. The molecular formula is C17H24N2O2. The van der Waals surface area contributed by atoms with Gasteiger partial charge < -0.3 is 9.64 Å². The molecule has 0 aliphatic carbocycles. The van der Waals surface area contributed by atoms with E-state index in [1.807, 2.05) is 11.0 Å². The van der Waals surface area contributed by atoms with Crippen molar-refractivity contribution in [3.05, 3.63) is 35.9 Å². The van der Waals surface area contributed by atoms with E-state index < -0.39 is 0 Å². The third-order valence-electron chi connectivity index (χ3n) is 4.71. The molecule has 0 saturated carbocycles. The predicted molar refractivity (Wildman–Crippen MR) is 82.0 cm³/mol. The fraction of sp³-hybridized carbons (Fsp3) is 0.588. The molecule has 114 valence electrons. The van der Waals surface area contributed by atoms with Gasteiger partial charge in [-0.25, -0.2) is 0 Å². The van der Waals surface area contributed by atoms with Gasteiger partial charge in [-0.15, -0.1) is 0 Å². The summed E-state index contributed by atoms with van der Waals surface area (Å²) in [7, 11) is 0. The maximum atomic E-state index is 12.0. The number of amides is 1. The maximum Gasteiger partial charge on any atom is 0.220 e. The Hall–Kier alpha value is -1.39. The van der Waals surface area contributed by atoms with Crippen LogP contribution in [-0.2, 0) is 9.53 Å². The lowest BCUT2D eigenvalue weighted by Crippen LogP contribution is -2.54. The second-order valence-corrected chi connectivity index (χ2v) is 5.98. The van der Waals surface area contributed by atoms with Crippen LogP contribution in [0.4, 0.5) is 0 Å². The molecule has 2 aliphatic heterocycles. The highest BCUT2D eigenvalue weighted by molar-refractivity contribution is 5.74. The van der Waals surface area contributed by atoms with Crippen LogP contribution in [0.1, 0.15) is 31.4 Å². The second kappa shape index (κ2) is 6.58. The number of nitrogens with zero attached hydrogens (tertiary/aromatic N) is 2. The quantitative estimate of drug-likeness (QED) is 0.835. The van der Waals surface area contributed by atoms with Gasteiger partial charge in [-0.2, -0.15) is 0 Å². The zero-order valence-electron chi connectivity index (χ0n) is 12.7. The third kappa shape index (κ3) is 3.27. The van der Waals surface area contributed by atoms with Gasteiger partial charge in [-0.05, 0) is 18.4 Å². The van der Waals surface area contributed by atoms with Gasteiger partial charge >= 0.3 is 0 Å². The molecule has 2 saturated heterocycles. The van der Waals surface area contributed by atoms with Crippen molar-refractivity contribution in [2.24, 2.45) is 0 Å². The van der Waals surface area contributed by atoms with Crippen LogP contribution in [0.15, 0.2) is 30.3 Å². The zero-order valence-corrected chi connectivity index (χ0v) is 12.7. The molecule has 1 atom stereocenters. The fourth-order valence-electron chi connectivity index (χ4n) is 3.52. The average Bonchev–Trinajstić information content (AvgIpc) is 2.56.